The van der Waals surface area contributed by atoms with Crippen molar-refractivity contribution in [2.75, 3.05) is 6.54 Å². The zero-order valence-electron chi connectivity index (χ0n) is 10.6. The summed E-state index contributed by atoms with van der Waals surface area (Å²) in [6.07, 6.45) is 2.54. The Bertz CT molecular complexity index is 661. The van der Waals surface area contributed by atoms with Crippen molar-refractivity contribution in [2.45, 2.75) is 24.8 Å². The monoisotopic (exact) mass is 256 g/mol. The maximum absolute atomic E-state index is 11.1. The van der Waals surface area contributed by atoms with Gasteiger partial charge in [0.25, 0.3) is 5.91 Å². The highest BCUT2D eigenvalue weighted by Crippen LogP contribution is 2.42. The fourth-order valence-corrected chi connectivity index (χ4v) is 3.62. The minimum Gasteiger partial charge on any atom is -0.451 e. The molecule has 0 radical (unpaired) electrons. The lowest BCUT2D eigenvalue weighted by atomic mass is 9.91. The molecule has 0 spiro atoms. The van der Waals surface area contributed by atoms with Crippen LogP contribution in [-0.2, 0) is 0 Å². The zero-order chi connectivity index (χ0) is 13.0. The summed E-state index contributed by atoms with van der Waals surface area (Å²) in [4.78, 5) is 11.1. The standard InChI is InChI=1S/C15H16N2O2/c16-15(18)14-6-10-2-1-9(5-13(10)19-14)11-3-8-4-12(11)17-7-8/h1-2,5-6,8,11-12,17H,3-4,7H2,(H2,16,18). The van der Waals surface area contributed by atoms with Crippen LogP contribution in [0.15, 0.2) is 28.7 Å². The van der Waals surface area contributed by atoms with Gasteiger partial charge in [-0.05, 0) is 48.9 Å². The Hall–Kier alpha value is -1.81. The molecule has 4 nitrogen and oxygen atoms in total. The van der Waals surface area contributed by atoms with Crippen molar-refractivity contribution in [1.82, 2.24) is 5.32 Å². The van der Waals surface area contributed by atoms with E-state index in [4.69, 9.17) is 10.2 Å². The predicted octanol–water partition coefficient (Wildman–Crippen LogP) is 2.00. The highest BCUT2D eigenvalue weighted by molar-refractivity contribution is 5.95. The molecule has 98 valence electrons. The summed E-state index contributed by atoms with van der Waals surface area (Å²) in [5.41, 5.74) is 7.31. The third kappa shape index (κ3) is 1.67. The molecule has 2 fully saturated rings. The molecule has 2 aliphatic rings. The number of piperidine rings is 1. The van der Waals surface area contributed by atoms with Crippen molar-refractivity contribution in [2.24, 2.45) is 11.7 Å². The van der Waals surface area contributed by atoms with Gasteiger partial charge >= 0.3 is 0 Å². The Labute approximate surface area is 111 Å². The predicted molar refractivity (Wildman–Crippen MR) is 72.0 cm³/mol. The molecule has 3 atom stereocenters. The summed E-state index contributed by atoms with van der Waals surface area (Å²) in [6, 6.07) is 8.55. The van der Waals surface area contributed by atoms with Crippen LogP contribution in [0, 0.1) is 5.92 Å². The smallest absolute Gasteiger partial charge is 0.284 e. The van der Waals surface area contributed by atoms with Gasteiger partial charge in [0, 0.05) is 11.4 Å². The largest absolute Gasteiger partial charge is 0.451 e. The molecule has 4 rings (SSSR count). The lowest BCUT2D eigenvalue weighted by Crippen LogP contribution is -2.31. The van der Waals surface area contributed by atoms with E-state index in [0.29, 0.717) is 12.0 Å². The SMILES string of the molecule is NC(=O)c1cc2ccc(C3CC4CNC3C4)cc2o1. The molecule has 4 heteroatoms. The molecule has 2 aromatic rings. The number of fused-ring (bicyclic) bond motifs is 3. The number of carbonyl (C=O) groups is 1. The van der Waals surface area contributed by atoms with Gasteiger partial charge in [-0.25, -0.2) is 0 Å². The molecule has 1 amide bonds. The fourth-order valence-electron chi connectivity index (χ4n) is 3.62. The molecule has 1 saturated heterocycles. The van der Waals surface area contributed by atoms with Crippen molar-refractivity contribution in [3.8, 4) is 0 Å². The van der Waals surface area contributed by atoms with Crippen LogP contribution in [0.4, 0.5) is 0 Å². The van der Waals surface area contributed by atoms with E-state index in [1.54, 1.807) is 6.07 Å². The third-order valence-corrected chi connectivity index (χ3v) is 4.54. The Morgan fingerprint density at radius 3 is 2.89 bits per heavy atom. The third-order valence-electron chi connectivity index (χ3n) is 4.54. The summed E-state index contributed by atoms with van der Waals surface area (Å²) < 4.78 is 5.51. The van der Waals surface area contributed by atoms with Crippen molar-refractivity contribution >= 4 is 16.9 Å². The van der Waals surface area contributed by atoms with Gasteiger partial charge in [-0.15, -0.1) is 0 Å². The van der Waals surface area contributed by atoms with Crippen molar-refractivity contribution in [3.05, 3.63) is 35.6 Å². The van der Waals surface area contributed by atoms with E-state index in [1.807, 2.05) is 6.07 Å². The summed E-state index contributed by atoms with van der Waals surface area (Å²) in [6.45, 7) is 1.16. The number of nitrogens with one attached hydrogen (secondary N) is 1. The number of hydrogen-bond donors (Lipinski definition) is 2. The molecule has 1 aliphatic heterocycles. The first-order valence-corrected chi connectivity index (χ1v) is 6.77. The molecule has 1 saturated carbocycles. The van der Waals surface area contributed by atoms with Gasteiger partial charge in [0.05, 0.1) is 0 Å². The van der Waals surface area contributed by atoms with Crippen LogP contribution in [0.25, 0.3) is 11.0 Å². The molecule has 2 bridgehead atoms. The van der Waals surface area contributed by atoms with Crippen molar-refractivity contribution in [3.63, 3.8) is 0 Å². The van der Waals surface area contributed by atoms with Crippen LogP contribution in [-0.4, -0.2) is 18.5 Å². The van der Waals surface area contributed by atoms with Crippen molar-refractivity contribution in [1.29, 1.82) is 0 Å². The van der Waals surface area contributed by atoms with Gasteiger partial charge in [-0.2, -0.15) is 0 Å². The van der Waals surface area contributed by atoms with E-state index < -0.39 is 5.91 Å². The first-order valence-electron chi connectivity index (χ1n) is 6.77. The van der Waals surface area contributed by atoms with Crippen LogP contribution in [0.5, 0.6) is 0 Å². The minimum atomic E-state index is -0.515. The Morgan fingerprint density at radius 1 is 1.32 bits per heavy atom. The summed E-state index contributed by atoms with van der Waals surface area (Å²) in [5.74, 6) is 1.12. The molecule has 3 N–H and O–H groups in total. The summed E-state index contributed by atoms with van der Waals surface area (Å²) in [7, 11) is 0. The molecule has 19 heavy (non-hydrogen) atoms. The normalized spacial score (nSPS) is 29.2. The average Bonchev–Trinajstić information content (AvgIpc) is 3.11. The molecule has 1 aromatic heterocycles. The number of benzene rings is 1. The first kappa shape index (κ1) is 11.1. The average molecular weight is 256 g/mol. The van der Waals surface area contributed by atoms with E-state index in [2.05, 4.69) is 17.4 Å². The number of primary amides is 1. The molecular weight excluding hydrogens is 240 g/mol. The van der Waals surface area contributed by atoms with Gasteiger partial charge in [0.2, 0.25) is 0 Å². The summed E-state index contributed by atoms with van der Waals surface area (Å²) >= 11 is 0. The van der Waals surface area contributed by atoms with Gasteiger partial charge in [-0.3, -0.25) is 4.79 Å². The second-order valence-electron chi connectivity index (χ2n) is 5.73. The number of amides is 1. The highest BCUT2D eigenvalue weighted by atomic mass is 16.3. The Morgan fingerprint density at radius 2 is 2.21 bits per heavy atom. The van der Waals surface area contributed by atoms with Gasteiger partial charge in [0.15, 0.2) is 5.76 Å². The van der Waals surface area contributed by atoms with Crippen LogP contribution >= 0.6 is 0 Å². The molecular formula is C15H16N2O2. The summed E-state index contributed by atoms with van der Waals surface area (Å²) in [5, 5.41) is 4.51. The lowest BCUT2D eigenvalue weighted by Gasteiger charge is -2.23. The zero-order valence-corrected chi connectivity index (χ0v) is 10.6. The van der Waals surface area contributed by atoms with Gasteiger partial charge in [0.1, 0.15) is 5.58 Å². The minimum absolute atomic E-state index is 0.234. The van der Waals surface area contributed by atoms with Gasteiger partial charge < -0.3 is 15.5 Å². The maximum atomic E-state index is 11.1. The van der Waals surface area contributed by atoms with E-state index in [9.17, 15) is 4.79 Å². The van der Waals surface area contributed by atoms with E-state index in [1.165, 1.54) is 18.4 Å². The molecule has 2 heterocycles. The lowest BCUT2D eigenvalue weighted by molar-refractivity contribution is 0.0976. The van der Waals surface area contributed by atoms with Crippen LogP contribution < -0.4 is 11.1 Å². The van der Waals surface area contributed by atoms with Gasteiger partial charge in [-0.1, -0.05) is 12.1 Å². The topological polar surface area (TPSA) is 68.3 Å². The fraction of sp³-hybridized carbons (Fsp3) is 0.400. The number of furan rings is 1. The van der Waals surface area contributed by atoms with E-state index in [0.717, 1.165) is 23.4 Å². The van der Waals surface area contributed by atoms with Crippen LogP contribution in [0.1, 0.15) is 34.9 Å². The van der Waals surface area contributed by atoms with Crippen molar-refractivity contribution < 1.29 is 9.21 Å². The number of hydrogen-bond acceptors (Lipinski definition) is 3. The Balaban J connectivity index is 1.73. The molecule has 1 aromatic carbocycles. The first-order chi connectivity index (χ1) is 9.20. The number of rotatable bonds is 2. The highest BCUT2D eigenvalue weighted by Gasteiger charge is 2.40. The maximum Gasteiger partial charge on any atom is 0.284 e. The quantitative estimate of drug-likeness (QED) is 0.863. The van der Waals surface area contributed by atoms with E-state index in [-0.39, 0.29) is 5.76 Å². The van der Waals surface area contributed by atoms with Crippen LogP contribution in [0.2, 0.25) is 0 Å². The number of carbonyl (C=O) groups excluding carboxylic acids is 1. The Kier molecular flexibility index (Phi) is 2.23. The van der Waals surface area contributed by atoms with Crippen LogP contribution in [0.3, 0.4) is 0 Å². The molecule has 3 unspecified atom stereocenters. The second-order valence-corrected chi connectivity index (χ2v) is 5.73. The van der Waals surface area contributed by atoms with E-state index >= 15 is 0 Å². The second kappa shape index (κ2) is 3.84. The molecule has 1 aliphatic carbocycles. The number of nitrogens with two attached hydrogens (primary N) is 1.